The summed E-state index contributed by atoms with van der Waals surface area (Å²) in [6.07, 6.45) is 2.51. The van der Waals surface area contributed by atoms with Crippen LogP contribution >= 0.6 is 11.6 Å². The van der Waals surface area contributed by atoms with Gasteiger partial charge in [-0.3, -0.25) is 9.59 Å². The molecule has 0 aromatic heterocycles. The fourth-order valence-electron chi connectivity index (χ4n) is 4.15. The SMILES string of the molecule is CCCOc1ccc(/C(O)=C2/C(=O)C(=O)N(CC3CCCO3)C2c2ccc(Cl)cc2)cc1. The Morgan fingerprint density at radius 2 is 1.88 bits per heavy atom. The van der Waals surface area contributed by atoms with Gasteiger partial charge in [-0.1, -0.05) is 30.7 Å². The maximum Gasteiger partial charge on any atom is 0.295 e. The summed E-state index contributed by atoms with van der Waals surface area (Å²) in [5.74, 6) is -0.867. The predicted molar refractivity (Wildman–Crippen MR) is 122 cm³/mol. The molecule has 2 aromatic rings. The predicted octanol–water partition coefficient (Wildman–Crippen LogP) is 4.73. The van der Waals surface area contributed by atoms with E-state index >= 15 is 0 Å². The highest BCUT2D eigenvalue weighted by Gasteiger charge is 2.47. The number of aliphatic hydroxyl groups excluding tert-OH is 1. The summed E-state index contributed by atoms with van der Waals surface area (Å²) in [6, 6.07) is 13.1. The van der Waals surface area contributed by atoms with Crippen molar-refractivity contribution in [2.45, 2.75) is 38.3 Å². The average Bonchev–Trinajstić information content (AvgIpc) is 3.41. The van der Waals surface area contributed by atoms with Gasteiger partial charge in [-0.15, -0.1) is 0 Å². The van der Waals surface area contributed by atoms with Crippen LogP contribution in [0.1, 0.15) is 43.4 Å². The molecule has 32 heavy (non-hydrogen) atoms. The van der Waals surface area contributed by atoms with Crippen molar-refractivity contribution < 1.29 is 24.2 Å². The Labute approximate surface area is 192 Å². The molecule has 168 valence electrons. The molecule has 0 aliphatic carbocycles. The number of halogens is 1. The van der Waals surface area contributed by atoms with Gasteiger partial charge in [0.1, 0.15) is 11.5 Å². The number of ketones is 1. The van der Waals surface area contributed by atoms with Gasteiger partial charge < -0.3 is 19.5 Å². The summed E-state index contributed by atoms with van der Waals surface area (Å²) in [5, 5.41) is 11.7. The van der Waals surface area contributed by atoms with Gasteiger partial charge in [-0.25, -0.2) is 0 Å². The van der Waals surface area contributed by atoms with Crippen molar-refractivity contribution in [1.29, 1.82) is 0 Å². The van der Waals surface area contributed by atoms with Crippen LogP contribution in [0.5, 0.6) is 5.75 Å². The second kappa shape index (κ2) is 9.76. The largest absolute Gasteiger partial charge is 0.507 e. The van der Waals surface area contributed by atoms with Crippen LogP contribution < -0.4 is 4.74 Å². The lowest BCUT2D eigenvalue weighted by Gasteiger charge is -2.27. The number of hydrogen-bond acceptors (Lipinski definition) is 5. The summed E-state index contributed by atoms with van der Waals surface area (Å²) in [4.78, 5) is 27.6. The van der Waals surface area contributed by atoms with Crippen molar-refractivity contribution in [2.75, 3.05) is 19.8 Å². The topological polar surface area (TPSA) is 76.1 Å². The molecule has 4 rings (SSSR count). The molecule has 1 N–H and O–H groups in total. The van der Waals surface area contributed by atoms with E-state index in [2.05, 4.69) is 0 Å². The molecule has 0 saturated carbocycles. The van der Waals surface area contributed by atoms with Crippen molar-refractivity contribution in [2.24, 2.45) is 0 Å². The number of aliphatic hydroxyl groups is 1. The minimum Gasteiger partial charge on any atom is -0.507 e. The highest BCUT2D eigenvalue weighted by atomic mass is 35.5. The minimum absolute atomic E-state index is 0.0672. The Kier molecular flexibility index (Phi) is 6.82. The van der Waals surface area contributed by atoms with E-state index in [0.29, 0.717) is 41.7 Å². The van der Waals surface area contributed by atoms with Crippen molar-refractivity contribution in [3.8, 4) is 5.75 Å². The number of carbonyl (C=O) groups is 2. The van der Waals surface area contributed by atoms with Gasteiger partial charge in [0.25, 0.3) is 11.7 Å². The van der Waals surface area contributed by atoms with Gasteiger partial charge in [-0.05, 0) is 61.2 Å². The number of nitrogens with zero attached hydrogens (tertiary/aromatic N) is 1. The summed E-state index contributed by atoms with van der Waals surface area (Å²) in [5.41, 5.74) is 1.22. The van der Waals surface area contributed by atoms with Crippen molar-refractivity contribution in [3.05, 3.63) is 70.3 Å². The molecule has 2 atom stereocenters. The molecule has 2 aromatic carbocycles. The van der Waals surface area contributed by atoms with E-state index in [9.17, 15) is 14.7 Å². The number of hydrogen-bond donors (Lipinski definition) is 1. The van der Waals surface area contributed by atoms with Crippen LogP contribution in [0.4, 0.5) is 0 Å². The van der Waals surface area contributed by atoms with Crippen LogP contribution in [0.2, 0.25) is 5.02 Å². The maximum absolute atomic E-state index is 13.1. The summed E-state index contributed by atoms with van der Waals surface area (Å²) < 4.78 is 11.3. The Morgan fingerprint density at radius 1 is 1.16 bits per heavy atom. The maximum atomic E-state index is 13.1. The van der Waals surface area contributed by atoms with Crippen LogP contribution in [0.25, 0.3) is 5.76 Å². The van der Waals surface area contributed by atoms with Gasteiger partial charge in [0, 0.05) is 23.7 Å². The molecule has 6 nitrogen and oxygen atoms in total. The summed E-state index contributed by atoms with van der Waals surface area (Å²) >= 11 is 6.05. The molecule has 1 amide bonds. The van der Waals surface area contributed by atoms with Crippen LogP contribution in [0.3, 0.4) is 0 Å². The molecule has 2 fully saturated rings. The lowest BCUT2D eigenvalue weighted by Crippen LogP contribution is -2.36. The molecular formula is C25H26ClNO5. The smallest absolute Gasteiger partial charge is 0.295 e. The number of likely N-dealkylation sites (tertiary alicyclic amines) is 1. The van der Waals surface area contributed by atoms with E-state index in [-0.39, 0.29) is 17.4 Å². The molecule has 2 saturated heterocycles. The third-order valence-electron chi connectivity index (χ3n) is 5.75. The van der Waals surface area contributed by atoms with E-state index in [1.807, 2.05) is 6.92 Å². The van der Waals surface area contributed by atoms with E-state index < -0.39 is 17.7 Å². The first-order valence-corrected chi connectivity index (χ1v) is 11.3. The Hall–Kier alpha value is -2.83. The van der Waals surface area contributed by atoms with E-state index in [1.165, 1.54) is 4.90 Å². The van der Waals surface area contributed by atoms with Gasteiger partial charge in [0.15, 0.2) is 0 Å². The van der Waals surface area contributed by atoms with Gasteiger partial charge in [0.2, 0.25) is 0 Å². The van der Waals surface area contributed by atoms with Crippen LogP contribution in [-0.4, -0.2) is 47.6 Å². The van der Waals surface area contributed by atoms with Gasteiger partial charge in [-0.2, -0.15) is 0 Å². The normalized spacial score (nSPS) is 22.5. The first-order chi connectivity index (χ1) is 15.5. The monoisotopic (exact) mass is 455 g/mol. The van der Waals surface area contributed by atoms with Gasteiger partial charge in [0.05, 0.1) is 24.3 Å². The number of benzene rings is 2. The molecule has 0 radical (unpaired) electrons. The molecule has 2 heterocycles. The number of ether oxygens (including phenoxy) is 2. The van der Waals surface area contributed by atoms with E-state index in [0.717, 1.165) is 19.3 Å². The molecule has 2 unspecified atom stereocenters. The standard InChI is InChI=1S/C25H26ClNO5/c1-2-13-31-19-11-7-17(8-12-19)23(28)21-22(16-5-9-18(26)10-6-16)27(25(30)24(21)29)15-20-4-3-14-32-20/h5-12,20,22,28H,2-4,13-15H2,1H3/b23-21-. The zero-order valence-electron chi connectivity index (χ0n) is 17.9. The van der Waals surface area contributed by atoms with Gasteiger partial charge >= 0.3 is 0 Å². The molecule has 7 heteroatoms. The lowest BCUT2D eigenvalue weighted by molar-refractivity contribution is -0.140. The summed E-state index contributed by atoms with van der Waals surface area (Å²) in [6.45, 7) is 3.55. The van der Waals surface area contributed by atoms with Crippen LogP contribution in [-0.2, 0) is 14.3 Å². The first-order valence-electron chi connectivity index (χ1n) is 10.9. The quantitative estimate of drug-likeness (QED) is 0.371. The minimum atomic E-state index is -0.715. The fourth-order valence-corrected chi connectivity index (χ4v) is 4.28. The average molecular weight is 456 g/mol. The second-order valence-corrected chi connectivity index (χ2v) is 8.45. The van der Waals surface area contributed by atoms with Crippen molar-refractivity contribution in [1.82, 2.24) is 4.90 Å². The highest BCUT2D eigenvalue weighted by molar-refractivity contribution is 6.46. The van der Waals surface area contributed by atoms with E-state index in [1.54, 1.807) is 48.5 Å². The first kappa shape index (κ1) is 22.4. The number of carbonyl (C=O) groups excluding carboxylic acids is 2. The molecule has 0 bridgehead atoms. The molecule has 2 aliphatic rings. The van der Waals surface area contributed by atoms with E-state index in [4.69, 9.17) is 21.1 Å². The number of amides is 1. The number of rotatable bonds is 7. The van der Waals surface area contributed by atoms with Crippen molar-refractivity contribution >= 4 is 29.1 Å². The number of Topliss-reactive ketones (excluding diaryl/α,β-unsaturated/α-hetero) is 1. The van der Waals surface area contributed by atoms with Crippen LogP contribution in [0.15, 0.2) is 54.1 Å². The molecular weight excluding hydrogens is 430 g/mol. The third kappa shape index (κ3) is 4.52. The Balaban J connectivity index is 1.74. The molecule has 2 aliphatic heterocycles. The summed E-state index contributed by atoms with van der Waals surface area (Å²) in [7, 11) is 0. The zero-order chi connectivity index (χ0) is 22.7. The van der Waals surface area contributed by atoms with Crippen LogP contribution in [0, 0.1) is 0 Å². The zero-order valence-corrected chi connectivity index (χ0v) is 18.7. The second-order valence-electron chi connectivity index (χ2n) is 8.01. The lowest BCUT2D eigenvalue weighted by atomic mass is 9.95. The Bertz CT molecular complexity index is 1010. The fraction of sp³-hybridized carbons (Fsp3) is 0.360. The van der Waals surface area contributed by atoms with Crippen molar-refractivity contribution in [3.63, 3.8) is 0 Å². The Morgan fingerprint density at radius 3 is 2.50 bits per heavy atom. The highest BCUT2D eigenvalue weighted by Crippen LogP contribution is 2.40. The third-order valence-corrected chi connectivity index (χ3v) is 6.00. The molecule has 0 spiro atoms.